The summed E-state index contributed by atoms with van der Waals surface area (Å²) in [6.07, 6.45) is 2.10. The average molecular weight is 570 g/mol. The third kappa shape index (κ3) is 5.47. The van der Waals surface area contributed by atoms with E-state index in [-0.39, 0.29) is 16.5 Å². The number of aromatic nitrogens is 1. The Morgan fingerprint density at radius 3 is 2.44 bits per heavy atom. The van der Waals surface area contributed by atoms with Crippen molar-refractivity contribution in [2.24, 2.45) is 5.41 Å². The maximum absolute atomic E-state index is 15.7. The van der Waals surface area contributed by atoms with Crippen LogP contribution in [-0.2, 0) is 10.2 Å². The molecule has 1 aromatic heterocycles. The molecule has 0 saturated carbocycles. The molecule has 204 valence electrons. The second kappa shape index (κ2) is 11.1. The van der Waals surface area contributed by atoms with E-state index in [1.54, 1.807) is 48.5 Å². The summed E-state index contributed by atoms with van der Waals surface area (Å²) >= 11 is 12.4. The number of benzene rings is 2. The largest absolute Gasteiger partial charge is 0.465 e. The Bertz CT molecular complexity index is 1390. The minimum atomic E-state index is -1.26. The summed E-state index contributed by atoms with van der Waals surface area (Å²) in [5.41, 5.74) is 3.98. The van der Waals surface area contributed by atoms with E-state index >= 15 is 4.39 Å². The number of esters is 1. The first-order valence-electron chi connectivity index (χ1n) is 12.6. The summed E-state index contributed by atoms with van der Waals surface area (Å²) in [6.45, 7) is 8.27. The summed E-state index contributed by atoms with van der Waals surface area (Å²) in [4.78, 5) is 16.6. The van der Waals surface area contributed by atoms with Gasteiger partial charge in [-0.1, -0.05) is 56.1 Å². The van der Waals surface area contributed by atoms with Crippen LogP contribution in [0.5, 0.6) is 0 Å². The molecule has 9 heteroatoms. The van der Waals surface area contributed by atoms with Gasteiger partial charge in [-0.25, -0.2) is 14.2 Å². The van der Waals surface area contributed by atoms with Crippen LogP contribution < -0.4 is 5.43 Å². The second-order valence-corrected chi connectivity index (χ2v) is 11.9. The number of hydrogen-bond donors (Lipinski definition) is 1. The number of ether oxygens (including phenoxy) is 1. The molecule has 39 heavy (non-hydrogen) atoms. The minimum absolute atomic E-state index is 0.00668. The number of halogens is 3. The van der Waals surface area contributed by atoms with Gasteiger partial charge in [-0.05, 0) is 66.8 Å². The Hall–Kier alpha value is -3.18. The van der Waals surface area contributed by atoms with Crippen LogP contribution in [0.2, 0.25) is 10.0 Å². The Morgan fingerprint density at radius 1 is 1.18 bits per heavy atom. The standard InChI is InChI=1S/C30H31Cl2FN4O2/c1-18-26(22-7-6-8-23(32)27(22)33)30(17-34,24-14-11-20(31)16-35-24)25(15-29(2,3)4)37(18)36-21-12-9-19(10-13-21)28(38)39-5/h6-14,16,18,25-26,36H,15H2,1-5H3/t18-,25+,26-,30+/m1/s1. The SMILES string of the molecule is COC(=O)c1ccc(NN2[C@H](C)[C@H](c3cccc(Cl)c3F)[C@@](C#N)(c3ccc(Cl)cn3)[C@@H]2CC(C)(C)C)cc1. The Labute approximate surface area is 238 Å². The number of pyridine rings is 1. The highest BCUT2D eigenvalue weighted by molar-refractivity contribution is 6.31. The Kier molecular flexibility index (Phi) is 8.22. The third-order valence-corrected chi connectivity index (χ3v) is 7.81. The van der Waals surface area contributed by atoms with E-state index in [9.17, 15) is 10.1 Å². The molecule has 0 amide bonds. The van der Waals surface area contributed by atoms with Gasteiger partial charge >= 0.3 is 5.97 Å². The number of anilines is 1. The summed E-state index contributed by atoms with van der Waals surface area (Å²) in [5.74, 6) is -1.62. The molecule has 1 fully saturated rings. The van der Waals surface area contributed by atoms with E-state index in [4.69, 9.17) is 27.9 Å². The third-order valence-electron chi connectivity index (χ3n) is 7.30. The smallest absolute Gasteiger partial charge is 0.337 e. The van der Waals surface area contributed by atoms with Gasteiger partial charge in [0, 0.05) is 23.8 Å². The molecular formula is C30H31Cl2FN4O2. The van der Waals surface area contributed by atoms with Crippen LogP contribution in [0.3, 0.4) is 0 Å². The van der Waals surface area contributed by atoms with E-state index in [2.05, 4.69) is 37.3 Å². The van der Waals surface area contributed by atoms with E-state index in [1.807, 2.05) is 11.9 Å². The van der Waals surface area contributed by atoms with Crippen molar-refractivity contribution in [2.75, 3.05) is 12.5 Å². The van der Waals surface area contributed by atoms with Crippen LogP contribution in [0.4, 0.5) is 10.1 Å². The molecule has 1 saturated heterocycles. The molecule has 2 heterocycles. The van der Waals surface area contributed by atoms with Gasteiger partial charge in [0.25, 0.3) is 0 Å². The molecule has 0 aliphatic carbocycles. The zero-order chi connectivity index (χ0) is 28.5. The van der Waals surface area contributed by atoms with Crippen molar-refractivity contribution in [3.8, 4) is 6.07 Å². The molecule has 0 unspecified atom stereocenters. The van der Waals surface area contributed by atoms with Crippen LogP contribution in [0, 0.1) is 22.6 Å². The minimum Gasteiger partial charge on any atom is -0.465 e. The van der Waals surface area contributed by atoms with Gasteiger partial charge in [0.15, 0.2) is 0 Å². The molecule has 4 atom stereocenters. The van der Waals surface area contributed by atoms with Gasteiger partial charge in [-0.3, -0.25) is 4.98 Å². The lowest BCUT2D eigenvalue weighted by molar-refractivity contribution is 0.0600. The van der Waals surface area contributed by atoms with Gasteiger partial charge in [-0.15, -0.1) is 0 Å². The number of nitrogens with one attached hydrogen (secondary N) is 1. The Balaban J connectivity index is 1.92. The van der Waals surface area contributed by atoms with Crippen LogP contribution in [0.15, 0.2) is 60.8 Å². The first-order valence-corrected chi connectivity index (χ1v) is 13.4. The van der Waals surface area contributed by atoms with Crippen molar-refractivity contribution >= 4 is 34.9 Å². The first-order chi connectivity index (χ1) is 18.4. The highest BCUT2D eigenvalue weighted by atomic mass is 35.5. The van der Waals surface area contributed by atoms with Gasteiger partial charge < -0.3 is 10.2 Å². The number of nitrogens with zero attached hydrogens (tertiary/aromatic N) is 3. The zero-order valence-electron chi connectivity index (χ0n) is 22.5. The van der Waals surface area contributed by atoms with E-state index in [1.165, 1.54) is 19.4 Å². The fraction of sp³-hybridized carbons (Fsp3) is 0.367. The Morgan fingerprint density at radius 2 is 1.87 bits per heavy atom. The summed E-state index contributed by atoms with van der Waals surface area (Å²) in [7, 11) is 1.33. The number of hydrazine groups is 1. The number of nitriles is 1. The quantitative estimate of drug-likeness (QED) is 0.312. The maximum Gasteiger partial charge on any atom is 0.337 e. The predicted octanol–water partition coefficient (Wildman–Crippen LogP) is 7.40. The molecular weight excluding hydrogens is 538 g/mol. The van der Waals surface area contributed by atoms with E-state index in [0.29, 0.717) is 34.0 Å². The molecule has 0 radical (unpaired) electrons. The van der Waals surface area contributed by atoms with Crippen LogP contribution in [0.25, 0.3) is 0 Å². The van der Waals surface area contributed by atoms with Crippen molar-refractivity contribution in [1.82, 2.24) is 9.99 Å². The molecule has 1 aliphatic rings. The molecule has 1 aliphatic heterocycles. The van der Waals surface area contributed by atoms with Crippen molar-refractivity contribution < 1.29 is 13.9 Å². The lowest BCUT2D eigenvalue weighted by atomic mass is 9.64. The van der Waals surface area contributed by atoms with Crippen molar-refractivity contribution in [1.29, 1.82) is 5.26 Å². The number of rotatable bonds is 6. The van der Waals surface area contributed by atoms with Gasteiger partial charge in [0.2, 0.25) is 0 Å². The van der Waals surface area contributed by atoms with E-state index in [0.717, 1.165) is 0 Å². The van der Waals surface area contributed by atoms with Crippen molar-refractivity contribution in [3.05, 3.63) is 93.5 Å². The molecule has 6 nitrogen and oxygen atoms in total. The lowest BCUT2D eigenvalue weighted by Crippen LogP contribution is -2.48. The monoisotopic (exact) mass is 568 g/mol. The number of hydrogen-bond acceptors (Lipinski definition) is 6. The first kappa shape index (κ1) is 28.8. The number of methoxy groups -OCH3 is 1. The van der Waals surface area contributed by atoms with Crippen LogP contribution in [-0.4, -0.2) is 35.2 Å². The van der Waals surface area contributed by atoms with Crippen LogP contribution in [0.1, 0.15) is 61.6 Å². The zero-order valence-corrected chi connectivity index (χ0v) is 24.0. The summed E-state index contributed by atoms with van der Waals surface area (Å²) in [6, 6.07) is 17.0. The predicted molar refractivity (Wildman–Crippen MR) is 151 cm³/mol. The molecule has 4 rings (SSSR count). The number of carbonyl (C=O) groups is 1. The molecule has 1 N–H and O–H groups in total. The average Bonchev–Trinajstić information content (AvgIpc) is 3.12. The van der Waals surface area contributed by atoms with E-state index < -0.39 is 29.2 Å². The summed E-state index contributed by atoms with van der Waals surface area (Å²) < 4.78 is 20.5. The molecule has 3 aromatic rings. The topological polar surface area (TPSA) is 78.2 Å². The maximum atomic E-state index is 15.7. The van der Waals surface area contributed by atoms with Gasteiger partial charge in [0.05, 0.1) is 40.5 Å². The fourth-order valence-electron chi connectivity index (χ4n) is 5.64. The molecule has 0 bridgehead atoms. The van der Waals surface area contributed by atoms with Crippen molar-refractivity contribution in [2.45, 2.75) is 57.5 Å². The lowest BCUT2D eigenvalue weighted by Gasteiger charge is -2.39. The summed E-state index contributed by atoms with van der Waals surface area (Å²) in [5, 5.41) is 13.5. The molecule has 0 spiro atoms. The normalized spacial score (nSPS) is 23.3. The highest BCUT2D eigenvalue weighted by Crippen LogP contribution is 2.55. The van der Waals surface area contributed by atoms with Crippen molar-refractivity contribution in [3.63, 3.8) is 0 Å². The number of carbonyl (C=O) groups excluding carboxylic acids is 1. The second-order valence-electron chi connectivity index (χ2n) is 11.1. The molecule has 2 aromatic carbocycles. The van der Waals surface area contributed by atoms with Gasteiger partial charge in [-0.2, -0.15) is 5.26 Å². The van der Waals surface area contributed by atoms with Crippen LogP contribution >= 0.6 is 23.2 Å². The fourth-order valence-corrected chi connectivity index (χ4v) is 5.93. The van der Waals surface area contributed by atoms with Gasteiger partial charge in [0.1, 0.15) is 11.2 Å². The highest BCUT2D eigenvalue weighted by Gasteiger charge is 2.62.